The zero-order valence-corrected chi connectivity index (χ0v) is 14.2. The Kier molecular flexibility index (Phi) is 6.23. The van der Waals surface area contributed by atoms with E-state index in [0.29, 0.717) is 0 Å². The van der Waals surface area contributed by atoms with Gasteiger partial charge in [-0.05, 0) is 53.1 Å². The van der Waals surface area contributed by atoms with Gasteiger partial charge in [-0.3, -0.25) is 9.48 Å². The molecular formula is C15H27ClN4O. The number of nitrogens with one attached hydrogen (secondary N) is 2. The Hall–Kier alpha value is -1.07. The first kappa shape index (κ1) is 18.0. The Morgan fingerprint density at radius 2 is 2.05 bits per heavy atom. The van der Waals surface area contributed by atoms with Crippen LogP contribution in [-0.2, 0) is 12.0 Å². The molecule has 1 aromatic rings. The van der Waals surface area contributed by atoms with Gasteiger partial charge in [0.25, 0.3) is 5.91 Å². The summed E-state index contributed by atoms with van der Waals surface area (Å²) >= 11 is 0. The van der Waals surface area contributed by atoms with Gasteiger partial charge in [-0.15, -0.1) is 12.4 Å². The molecule has 0 aliphatic carbocycles. The van der Waals surface area contributed by atoms with E-state index in [-0.39, 0.29) is 29.9 Å². The van der Waals surface area contributed by atoms with E-state index >= 15 is 0 Å². The topological polar surface area (TPSA) is 59.0 Å². The first-order valence-corrected chi connectivity index (χ1v) is 7.52. The molecule has 2 heterocycles. The zero-order chi connectivity index (χ0) is 14.8. The van der Waals surface area contributed by atoms with Crippen LogP contribution in [0.1, 0.15) is 56.6 Å². The predicted octanol–water partition coefficient (Wildman–Crippen LogP) is 2.10. The lowest BCUT2D eigenvalue weighted by Gasteiger charge is -2.24. The molecule has 0 unspecified atom stereocenters. The van der Waals surface area contributed by atoms with Gasteiger partial charge in [0.1, 0.15) is 0 Å². The van der Waals surface area contributed by atoms with Crippen LogP contribution in [0, 0.1) is 0 Å². The van der Waals surface area contributed by atoms with Gasteiger partial charge >= 0.3 is 0 Å². The highest BCUT2D eigenvalue weighted by atomic mass is 35.5. The maximum Gasteiger partial charge on any atom is 0.254 e. The van der Waals surface area contributed by atoms with E-state index in [1.807, 2.05) is 4.68 Å². The van der Waals surface area contributed by atoms with E-state index in [1.165, 1.54) is 0 Å². The van der Waals surface area contributed by atoms with Crippen molar-refractivity contribution in [3.8, 4) is 0 Å². The second kappa shape index (κ2) is 7.27. The third kappa shape index (κ3) is 4.20. The number of hydrogen-bond donors (Lipinski definition) is 2. The van der Waals surface area contributed by atoms with Gasteiger partial charge in [-0.25, -0.2) is 0 Å². The summed E-state index contributed by atoms with van der Waals surface area (Å²) in [4.78, 5) is 12.4. The summed E-state index contributed by atoms with van der Waals surface area (Å²) in [6.45, 7) is 10.3. The van der Waals surface area contributed by atoms with Gasteiger partial charge in [-0.2, -0.15) is 5.10 Å². The van der Waals surface area contributed by atoms with Crippen molar-refractivity contribution < 1.29 is 4.79 Å². The fourth-order valence-corrected chi connectivity index (χ4v) is 2.71. The molecule has 0 radical (unpaired) electrons. The highest BCUT2D eigenvalue weighted by Crippen LogP contribution is 2.20. The minimum Gasteiger partial charge on any atom is -0.349 e. The van der Waals surface area contributed by atoms with Gasteiger partial charge in [0.05, 0.1) is 23.0 Å². The first-order chi connectivity index (χ1) is 9.43. The molecule has 2 N–H and O–H groups in total. The van der Waals surface area contributed by atoms with Crippen molar-refractivity contribution in [1.29, 1.82) is 0 Å². The summed E-state index contributed by atoms with van der Waals surface area (Å²) in [5, 5.41) is 10.9. The number of amides is 1. The summed E-state index contributed by atoms with van der Waals surface area (Å²) in [7, 11) is 0. The lowest BCUT2D eigenvalue weighted by molar-refractivity contribution is 0.0928. The van der Waals surface area contributed by atoms with Crippen molar-refractivity contribution >= 4 is 18.3 Å². The normalized spacial score (nSPS) is 16.4. The van der Waals surface area contributed by atoms with Gasteiger partial charge < -0.3 is 10.6 Å². The first-order valence-electron chi connectivity index (χ1n) is 7.52. The van der Waals surface area contributed by atoms with Crippen molar-refractivity contribution in [2.24, 2.45) is 0 Å². The van der Waals surface area contributed by atoms with E-state index in [9.17, 15) is 4.79 Å². The van der Waals surface area contributed by atoms with Crippen LogP contribution in [0.5, 0.6) is 0 Å². The summed E-state index contributed by atoms with van der Waals surface area (Å²) in [6, 6.07) is 0.284. The second-order valence-corrected chi connectivity index (χ2v) is 6.44. The van der Waals surface area contributed by atoms with Crippen LogP contribution in [0.2, 0.25) is 0 Å². The number of carbonyl (C=O) groups is 1. The molecule has 21 heavy (non-hydrogen) atoms. The molecule has 5 nitrogen and oxygen atoms in total. The molecule has 1 saturated heterocycles. The number of hydrogen-bond acceptors (Lipinski definition) is 3. The zero-order valence-electron chi connectivity index (χ0n) is 13.4. The van der Waals surface area contributed by atoms with E-state index in [2.05, 4.69) is 43.4 Å². The third-order valence-corrected chi connectivity index (χ3v) is 3.76. The molecule has 1 amide bonds. The standard InChI is InChI=1S/C15H26N4O.ClH/c1-5-13-12(10-17-19(13)15(2,3)4)14(20)18-11-6-8-16-9-7-11;/h10-11,16H,5-9H2,1-4H3,(H,18,20);1H. The van der Waals surface area contributed by atoms with Crippen LogP contribution >= 0.6 is 12.4 Å². The third-order valence-electron chi connectivity index (χ3n) is 3.76. The summed E-state index contributed by atoms with van der Waals surface area (Å²) in [6.07, 6.45) is 4.52. The Morgan fingerprint density at radius 3 is 2.57 bits per heavy atom. The number of carbonyl (C=O) groups excluding carboxylic acids is 1. The van der Waals surface area contributed by atoms with Crippen LogP contribution in [0.3, 0.4) is 0 Å². The lowest BCUT2D eigenvalue weighted by Crippen LogP contribution is -2.43. The maximum absolute atomic E-state index is 12.4. The van der Waals surface area contributed by atoms with Crippen LogP contribution in [0.15, 0.2) is 6.20 Å². The highest BCUT2D eigenvalue weighted by molar-refractivity contribution is 5.95. The molecule has 0 atom stereocenters. The van der Waals surface area contributed by atoms with Crippen molar-refractivity contribution in [3.63, 3.8) is 0 Å². The monoisotopic (exact) mass is 314 g/mol. The van der Waals surface area contributed by atoms with Crippen LogP contribution in [0.25, 0.3) is 0 Å². The molecular weight excluding hydrogens is 288 g/mol. The lowest BCUT2D eigenvalue weighted by atomic mass is 10.1. The van der Waals surface area contributed by atoms with Gasteiger partial charge in [0.15, 0.2) is 0 Å². The largest absolute Gasteiger partial charge is 0.349 e. The van der Waals surface area contributed by atoms with E-state index in [1.54, 1.807) is 6.20 Å². The molecule has 0 saturated carbocycles. The minimum absolute atomic E-state index is 0. The molecule has 1 aliphatic heterocycles. The average Bonchev–Trinajstić information content (AvgIpc) is 2.83. The van der Waals surface area contributed by atoms with Crippen molar-refractivity contribution in [3.05, 3.63) is 17.5 Å². The molecule has 6 heteroatoms. The number of rotatable bonds is 3. The molecule has 1 fully saturated rings. The fourth-order valence-electron chi connectivity index (χ4n) is 2.71. The molecule has 0 bridgehead atoms. The average molecular weight is 315 g/mol. The Labute approximate surface area is 133 Å². The van der Waals surface area contributed by atoms with Crippen molar-refractivity contribution in [1.82, 2.24) is 20.4 Å². The summed E-state index contributed by atoms with van der Waals surface area (Å²) in [5.74, 6) is 0.0178. The molecule has 120 valence electrons. The Balaban J connectivity index is 0.00000220. The van der Waals surface area contributed by atoms with Gasteiger partial charge in [0.2, 0.25) is 0 Å². The number of aromatic nitrogens is 2. The predicted molar refractivity (Wildman–Crippen MR) is 87.2 cm³/mol. The minimum atomic E-state index is -0.0986. The van der Waals surface area contributed by atoms with Crippen LogP contribution < -0.4 is 10.6 Å². The smallest absolute Gasteiger partial charge is 0.254 e. The van der Waals surface area contributed by atoms with Crippen molar-refractivity contribution in [2.45, 2.75) is 58.5 Å². The quantitative estimate of drug-likeness (QED) is 0.898. The fraction of sp³-hybridized carbons (Fsp3) is 0.733. The molecule has 1 aliphatic rings. The Bertz CT molecular complexity index is 473. The highest BCUT2D eigenvalue weighted by Gasteiger charge is 2.24. The van der Waals surface area contributed by atoms with E-state index < -0.39 is 0 Å². The van der Waals surface area contributed by atoms with Crippen LogP contribution in [0.4, 0.5) is 0 Å². The van der Waals surface area contributed by atoms with Gasteiger partial charge in [0, 0.05) is 6.04 Å². The SMILES string of the molecule is CCc1c(C(=O)NC2CCNCC2)cnn1C(C)(C)C.Cl. The molecule has 1 aromatic heterocycles. The maximum atomic E-state index is 12.4. The van der Waals surface area contributed by atoms with E-state index in [0.717, 1.165) is 43.6 Å². The summed E-state index contributed by atoms with van der Waals surface area (Å²) in [5.41, 5.74) is 1.64. The van der Waals surface area contributed by atoms with Crippen LogP contribution in [-0.4, -0.2) is 34.8 Å². The van der Waals surface area contributed by atoms with Gasteiger partial charge in [-0.1, -0.05) is 6.92 Å². The number of piperidine rings is 1. The van der Waals surface area contributed by atoms with E-state index in [4.69, 9.17) is 0 Å². The summed E-state index contributed by atoms with van der Waals surface area (Å²) < 4.78 is 1.96. The molecule has 0 spiro atoms. The Morgan fingerprint density at radius 1 is 1.43 bits per heavy atom. The second-order valence-electron chi connectivity index (χ2n) is 6.44. The molecule has 2 rings (SSSR count). The molecule has 0 aromatic carbocycles. The number of nitrogens with zero attached hydrogens (tertiary/aromatic N) is 2. The van der Waals surface area contributed by atoms with Crippen molar-refractivity contribution in [2.75, 3.05) is 13.1 Å². The number of halogens is 1.